The van der Waals surface area contributed by atoms with E-state index in [1.165, 1.54) is 0 Å². The van der Waals surface area contributed by atoms with Crippen molar-refractivity contribution in [3.8, 4) is 5.75 Å². The van der Waals surface area contributed by atoms with Crippen molar-refractivity contribution in [3.63, 3.8) is 0 Å². The van der Waals surface area contributed by atoms with Crippen molar-refractivity contribution in [2.24, 2.45) is 10.9 Å². The minimum atomic E-state index is -0.00491. The first kappa shape index (κ1) is 21.7. The number of ether oxygens (including phenoxy) is 1. The van der Waals surface area contributed by atoms with Crippen molar-refractivity contribution in [3.05, 3.63) is 59.7 Å². The van der Waals surface area contributed by atoms with Crippen LogP contribution in [0.3, 0.4) is 0 Å². The van der Waals surface area contributed by atoms with Crippen LogP contribution in [0.15, 0.2) is 53.5 Å². The second-order valence-corrected chi connectivity index (χ2v) is 7.82. The highest BCUT2D eigenvalue weighted by Gasteiger charge is 2.25. The SMILES string of the molecule is CN=C(NCc1cccc(NC(=O)C2CCC2)c1)NCC(C)Oc1ccccc1C. The van der Waals surface area contributed by atoms with Crippen LogP contribution in [-0.4, -0.2) is 31.6 Å². The van der Waals surface area contributed by atoms with Gasteiger partial charge in [-0.05, 0) is 56.0 Å². The Kier molecular flexibility index (Phi) is 7.71. The summed E-state index contributed by atoms with van der Waals surface area (Å²) in [6.45, 7) is 5.31. The van der Waals surface area contributed by atoms with Gasteiger partial charge in [0.2, 0.25) is 5.91 Å². The molecule has 0 radical (unpaired) electrons. The average molecular weight is 409 g/mol. The molecule has 6 nitrogen and oxygen atoms in total. The van der Waals surface area contributed by atoms with E-state index in [-0.39, 0.29) is 17.9 Å². The van der Waals surface area contributed by atoms with Crippen LogP contribution in [0, 0.1) is 12.8 Å². The molecule has 1 fully saturated rings. The zero-order chi connectivity index (χ0) is 21.3. The molecule has 160 valence electrons. The maximum atomic E-state index is 12.2. The molecule has 30 heavy (non-hydrogen) atoms. The number of benzene rings is 2. The molecule has 3 N–H and O–H groups in total. The number of para-hydroxylation sites is 1. The fraction of sp³-hybridized carbons (Fsp3) is 0.417. The Hall–Kier alpha value is -3.02. The molecule has 0 spiro atoms. The summed E-state index contributed by atoms with van der Waals surface area (Å²) in [5.41, 5.74) is 3.04. The Morgan fingerprint density at radius 1 is 1.17 bits per heavy atom. The zero-order valence-corrected chi connectivity index (χ0v) is 18.1. The third-order valence-corrected chi connectivity index (χ3v) is 5.33. The monoisotopic (exact) mass is 408 g/mol. The predicted molar refractivity (Wildman–Crippen MR) is 122 cm³/mol. The summed E-state index contributed by atoms with van der Waals surface area (Å²) in [6.07, 6.45) is 3.15. The predicted octanol–water partition coefficient (Wildman–Crippen LogP) is 3.87. The maximum Gasteiger partial charge on any atom is 0.227 e. The lowest BCUT2D eigenvalue weighted by atomic mass is 9.85. The molecule has 6 heteroatoms. The van der Waals surface area contributed by atoms with E-state index in [1.807, 2.05) is 62.4 Å². The Morgan fingerprint density at radius 2 is 1.97 bits per heavy atom. The Bertz CT molecular complexity index is 877. The summed E-state index contributed by atoms with van der Waals surface area (Å²) in [4.78, 5) is 16.4. The van der Waals surface area contributed by atoms with E-state index >= 15 is 0 Å². The lowest BCUT2D eigenvalue weighted by molar-refractivity contribution is -0.122. The molecule has 1 amide bonds. The largest absolute Gasteiger partial charge is 0.489 e. The van der Waals surface area contributed by atoms with Gasteiger partial charge in [-0.1, -0.05) is 36.8 Å². The molecular formula is C24H32N4O2. The van der Waals surface area contributed by atoms with Gasteiger partial charge in [0, 0.05) is 25.2 Å². The number of guanidine groups is 1. The first-order valence-electron chi connectivity index (χ1n) is 10.6. The molecule has 2 aromatic carbocycles. The zero-order valence-electron chi connectivity index (χ0n) is 18.1. The summed E-state index contributed by atoms with van der Waals surface area (Å²) in [7, 11) is 1.75. The van der Waals surface area contributed by atoms with Crippen LogP contribution in [0.4, 0.5) is 5.69 Å². The molecule has 2 aromatic rings. The van der Waals surface area contributed by atoms with Gasteiger partial charge in [-0.25, -0.2) is 0 Å². The van der Waals surface area contributed by atoms with Crippen LogP contribution in [0.1, 0.15) is 37.3 Å². The van der Waals surface area contributed by atoms with Gasteiger partial charge in [-0.15, -0.1) is 0 Å². The molecule has 0 bridgehead atoms. The van der Waals surface area contributed by atoms with Crippen molar-refractivity contribution < 1.29 is 9.53 Å². The Morgan fingerprint density at radius 3 is 2.67 bits per heavy atom. The standard InChI is InChI=1S/C24H32N4O2/c1-17-8-4-5-13-22(17)30-18(2)15-26-24(25-3)27-16-19-9-6-12-21(14-19)28-23(29)20-10-7-11-20/h4-6,8-9,12-14,18,20H,7,10-11,15-16H2,1-3H3,(H,28,29)(H2,25,26,27). The number of carbonyl (C=O) groups is 1. The first-order valence-corrected chi connectivity index (χ1v) is 10.6. The normalized spacial score (nSPS) is 15.1. The van der Waals surface area contributed by atoms with E-state index in [1.54, 1.807) is 7.05 Å². The molecule has 1 unspecified atom stereocenters. The van der Waals surface area contributed by atoms with Crippen molar-refractivity contribution in [2.75, 3.05) is 18.9 Å². The molecule has 1 aliphatic rings. The molecule has 1 atom stereocenters. The molecule has 0 saturated heterocycles. The van der Waals surface area contributed by atoms with E-state index in [2.05, 4.69) is 20.9 Å². The highest BCUT2D eigenvalue weighted by Crippen LogP contribution is 2.27. The van der Waals surface area contributed by atoms with E-state index in [9.17, 15) is 4.79 Å². The third kappa shape index (κ3) is 6.24. The second kappa shape index (κ2) is 10.7. The molecule has 0 heterocycles. The van der Waals surface area contributed by atoms with Gasteiger partial charge in [-0.2, -0.15) is 0 Å². The number of nitrogens with one attached hydrogen (secondary N) is 3. The number of nitrogens with zero attached hydrogens (tertiary/aromatic N) is 1. The topological polar surface area (TPSA) is 74.8 Å². The summed E-state index contributed by atoms with van der Waals surface area (Å²) >= 11 is 0. The fourth-order valence-corrected chi connectivity index (χ4v) is 3.27. The summed E-state index contributed by atoms with van der Waals surface area (Å²) in [6, 6.07) is 15.9. The molecule has 0 aromatic heterocycles. The van der Waals surface area contributed by atoms with Crippen LogP contribution < -0.4 is 20.7 Å². The molecule has 1 aliphatic carbocycles. The number of hydrogen-bond donors (Lipinski definition) is 3. The van der Waals surface area contributed by atoms with Gasteiger partial charge >= 0.3 is 0 Å². The lowest BCUT2D eigenvalue weighted by Gasteiger charge is -2.24. The number of aryl methyl sites for hydroxylation is 1. The number of rotatable bonds is 8. The van der Waals surface area contributed by atoms with Gasteiger partial charge < -0.3 is 20.7 Å². The van der Waals surface area contributed by atoms with Crippen LogP contribution >= 0.6 is 0 Å². The van der Waals surface area contributed by atoms with Crippen LogP contribution in [-0.2, 0) is 11.3 Å². The number of carbonyl (C=O) groups excluding carboxylic acids is 1. The van der Waals surface area contributed by atoms with Gasteiger partial charge in [0.1, 0.15) is 11.9 Å². The summed E-state index contributed by atoms with van der Waals surface area (Å²) in [5, 5.41) is 9.64. The number of amides is 1. The summed E-state index contributed by atoms with van der Waals surface area (Å²) in [5.74, 6) is 1.92. The highest BCUT2D eigenvalue weighted by molar-refractivity contribution is 5.93. The number of hydrogen-bond acceptors (Lipinski definition) is 3. The maximum absolute atomic E-state index is 12.2. The van der Waals surface area contributed by atoms with Gasteiger partial charge in [0.25, 0.3) is 0 Å². The van der Waals surface area contributed by atoms with Crippen molar-refractivity contribution >= 4 is 17.6 Å². The fourth-order valence-electron chi connectivity index (χ4n) is 3.27. The van der Waals surface area contributed by atoms with Crippen molar-refractivity contribution in [2.45, 2.75) is 45.8 Å². The molecule has 1 saturated carbocycles. The quantitative estimate of drug-likeness (QED) is 0.458. The van der Waals surface area contributed by atoms with E-state index < -0.39 is 0 Å². The van der Waals surface area contributed by atoms with Crippen molar-refractivity contribution in [1.82, 2.24) is 10.6 Å². The minimum Gasteiger partial charge on any atom is -0.489 e. The first-order chi connectivity index (χ1) is 14.5. The second-order valence-electron chi connectivity index (χ2n) is 7.82. The van der Waals surface area contributed by atoms with Crippen LogP contribution in [0.2, 0.25) is 0 Å². The van der Waals surface area contributed by atoms with Crippen molar-refractivity contribution in [1.29, 1.82) is 0 Å². The van der Waals surface area contributed by atoms with E-state index in [0.29, 0.717) is 19.0 Å². The Labute approximate surface area is 179 Å². The van der Waals surface area contributed by atoms with E-state index in [4.69, 9.17) is 4.74 Å². The van der Waals surface area contributed by atoms with Gasteiger partial charge in [-0.3, -0.25) is 9.79 Å². The van der Waals surface area contributed by atoms with Gasteiger partial charge in [0.15, 0.2) is 5.96 Å². The third-order valence-electron chi connectivity index (χ3n) is 5.33. The van der Waals surface area contributed by atoms with E-state index in [0.717, 1.165) is 41.8 Å². The molecular weight excluding hydrogens is 376 g/mol. The minimum absolute atomic E-state index is 0.00491. The molecule has 0 aliphatic heterocycles. The molecule has 3 rings (SSSR count). The number of aliphatic imine (C=N–C) groups is 1. The lowest BCUT2D eigenvalue weighted by Crippen LogP contribution is -2.41. The number of anilines is 1. The smallest absolute Gasteiger partial charge is 0.227 e. The van der Waals surface area contributed by atoms with Crippen LogP contribution in [0.5, 0.6) is 5.75 Å². The van der Waals surface area contributed by atoms with Gasteiger partial charge in [0.05, 0.1) is 6.54 Å². The summed E-state index contributed by atoms with van der Waals surface area (Å²) < 4.78 is 6.00. The van der Waals surface area contributed by atoms with Crippen LogP contribution in [0.25, 0.3) is 0 Å². The highest BCUT2D eigenvalue weighted by atomic mass is 16.5. The average Bonchev–Trinajstić information content (AvgIpc) is 2.69. The Balaban J connectivity index is 1.45.